The second-order valence-electron chi connectivity index (χ2n) is 4.49. The van der Waals surface area contributed by atoms with Gasteiger partial charge in [0.05, 0.1) is 10.8 Å². The Bertz CT molecular complexity index is 570. The molecule has 1 aromatic carbocycles. The summed E-state index contributed by atoms with van der Waals surface area (Å²) in [4.78, 5) is 11.1. The van der Waals surface area contributed by atoms with Crippen LogP contribution in [0.5, 0.6) is 0 Å². The maximum Gasteiger partial charge on any atom is 0.307 e. The van der Waals surface area contributed by atoms with Gasteiger partial charge in [-0.05, 0) is 37.1 Å². The van der Waals surface area contributed by atoms with E-state index in [1.54, 1.807) is 0 Å². The first kappa shape index (κ1) is 14.3. The number of benzene rings is 1. The van der Waals surface area contributed by atoms with Crippen LogP contribution in [0.2, 0.25) is 5.02 Å². The Kier molecular flexibility index (Phi) is 4.13. The van der Waals surface area contributed by atoms with Crippen LogP contribution in [0, 0.1) is 5.92 Å². The van der Waals surface area contributed by atoms with Gasteiger partial charge in [0, 0.05) is 18.1 Å². The summed E-state index contributed by atoms with van der Waals surface area (Å²) in [5.74, 6) is -1.58. The Morgan fingerprint density at radius 3 is 2.53 bits per heavy atom. The molecule has 1 saturated heterocycles. The lowest BCUT2D eigenvalue weighted by molar-refractivity contribution is -0.142. The summed E-state index contributed by atoms with van der Waals surface area (Å²) < 4.78 is 25.9. The molecule has 19 heavy (non-hydrogen) atoms. The molecule has 1 heterocycles. The molecule has 2 rings (SSSR count). The van der Waals surface area contributed by atoms with Crippen LogP contribution in [0.25, 0.3) is 0 Å². The van der Waals surface area contributed by atoms with Crippen LogP contribution in [-0.2, 0) is 14.8 Å². The second kappa shape index (κ2) is 5.48. The molecular weight excluding hydrogens is 290 g/mol. The Balaban J connectivity index is 2.24. The minimum Gasteiger partial charge on any atom is -0.481 e. The number of rotatable bonds is 3. The van der Waals surface area contributed by atoms with E-state index in [4.69, 9.17) is 16.7 Å². The van der Waals surface area contributed by atoms with Crippen molar-refractivity contribution in [1.29, 1.82) is 0 Å². The Morgan fingerprint density at radius 1 is 1.32 bits per heavy atom. The molecule has 0 saturated carbocycles. The number of piperidine rings is 1. The molecule has 0 spiro atoms. The van der Waals surface area contributed by atoms with Crippen LogP contribution in [0.15, 0.2) is 29.2 Å². The van der Waals surface area contributed by atoms with Crippen LogP contribution in [0.1, 0.15) is 12.8 Å². The van der Waals surface area contributed by atoms with Crippen molar-refractivity contribution in [1.82, 2.24) is 4.31 Å². The summed E-state index contributed by atoms with van der Waals surface area (Å²) >= 11 is 5.73. The number of aliphatic carboxylic acids is 1. The predicted molar refractivity (Wildman–Crippen MR) is 70.6 cm³/mol. The zero-order chi connectivity index (χ0) is 14.0. The number of halogens is 1. The number of carboxylic acids is 1. The Hall–Kier alpha value is -1.11. The largest absolute Gasteiger partial charge is 0.481 e. The van der Waals surface area contributed by atoms with E-state index >= 15 is 0 Å². The average molecular weight is 304 g/mol. The molecule has 0 aliphatic carbocycles. The summed E-state index contributed by atoms with van der Waals surface area (Å²) in [5.41, 5.74) is 0. The van der Waals surface area contributed by atoms with E-state index in [0.717, 1.165) is 0 Å². The highest BCUT2D eigenvalue weighted by atomic mass is 35.5. The van der Waals surface area contributed by atoms with Crippen molar-refractivity contribution >= 4 is 27.6 Å². The van der Waals surface area contributed by atoms with Gasteiger partial charge < -0.3 is 5.11 Å². The highest BCUT2D eigenvalue weighted by molar-refractivity contribution is 7.89. The highest BCUT2D eigenvalue weighted by Crippen LogP contribution is 2.24. The van der Waals surface area contributed by atoms with Crippen LogP contribution in [0.3, 0.4) is 0 Å². The molecule has 1 fully saturated rings. The maximum atomic E-state index is 12.4. The van der Waals surface area contributed by atoms with Crippen LogP contribution < -0.4 is 0 Å². The average Bonchev–Trinajstić information content (AvgIpc) is 2.39. The van der Waals surface area contributed by atoms with Gasteiger partial charge in [-0.3, -0.25) is 4.79 Å². The van der Waals surface area contributed by atoms with Crippen LogP contribution in [-0.4, -0.2) is 36.9 Å². The molecule has 5 nitrogen and oxygen atoms in total. The van der Waals surface area contributed by atoms with Gasteiger partial charge in [0.15, 0.2) is 0 Å². The summed E-state index contributed by atoms with van der Waals surface area (Å²) in [6.45, 7) is 0.384. The third-order valence-corrected chi connectivity index (χ3v) is 5.32. The van der Waals surface area contributed by atoms with E-state index < -0.39 is 21.9 Å². The van der Waals surface area contributed by atoms with Gasteiger partial charge in [0.25, 0.3) is 0 Å². The molecule has 1 atom stereocenters. The highest BCUT2D eigenvalue weighted by Gasteiger charge is 2.33. The number of nitrogens with zero attached hydrogens (tertiary/aromatic N) is 1. The van der Waals surface area contributed by atoms with E-state index in [9.17, 15) is 13.2 Å². The van der Waals surface area contributed by atoms with Crippen molar-refractivity contribution in [2.45, 2.75) is 17.7 Å². The van der Waals surface area contributed by atoms with E-state index in [-0.39, 0.29) is 11.4 Å². The zero-order valence-corrected chi connectivity index (χ0v) is 11.7. The van der Waals surface area contributed by atoms with E-state index in [2.05, 4.69) is 0 Å². The van der Waals surface area contributed by atoms with Gasteiger partial charge in [-0.1, -0.05) is 11.6 Å². The normalized spacial score (nSPS) is 21.2. The number of carbonyl (C=O) groups is 1. The van der Waals surface area contributed by atoms with Crippen molar-refractivity contribution in [2.75, 3.05) is 13.1 Å². The molecule has 0 aromatic heterocycles. The molecule has 1 aliphatic rings. The van der Waals surface area contributed by atoms with Gasteiger partial charge in [0.2, 0.25) is 10.0 Å². The Labute approximate surface area is 116 Å². The zero-order valence-electron chi connectivity index (χ0n) is 10.1. The van der Waals surface area contributed by atoms with Crippen molar-refractivity contribution in [3.63, 3.8) is 0 Å². The lowest BCUT2D eigenvalue weighted by Gasteiger charge is -2.29. The van der Waals surface area contributed by atoms with Crippen LogP contribution >= 0.6 is 11.6 Å². The van der Waals surface area contributed by atoms with Gasteiger partial charge in [-0.25, -0.2) is 8.42 Å². The molecule has 7 heteroatoms. The lowest BCUT2D eigenvalue weighted by Crippen LogP contribution is -2.42. The van der Waals surface area contributed by atoms with Crippen molar-refractivity contribution in [3.8, 4) is 0 Å². The SMILES string of the molecule is O=C(O)[C@H]1CCCN(S(=O)(=O)c2ccc(Cl)cc2)C1. The fraction of sp³-hybridized carbons (Fsp3) is 0.417. The first-order chi connectivity index (χ1) is 8.91. The van der Waals surface area contributed by atoms with Gasteiger partial charge in [-0.15, -0.1) is 0 Å². The molecule has 1 aromatic rings. The Morgan fingerprint density at radius 2 is 1.95 bits per heavy atom. The maximum absolute atomic E-state index is 12.4. The fourth-order valence-corrected chi connectivity index (χ4v) is 3.77. The van der Waals surface area contributed by atoms with E-state index in [0.29, 0.717) is 24.4 Å². The fourth-order valence-electron chi connectivity index (χ4n) is 2.12. The molecule has 0 unspecified atom stereocenters. The first-order valence-electron chi connectivity index (χ1n) is 5.90. The quantitative estimate of drug-likeness (QED) is 0.924. The summed E-state index contributed by atoms with van der Waals surface area (Å²) in [5, 5.41) is 9.45. The second-order valence-corrected chi connectivity index (χ2v) is 6.87. The molecule has 0 amide bonds. The molecule has 0 bridgehead atoms. The molecule has 1 N–H and O–H groups in total. The molecular formula is C12H14ClNO4S. The molecule has 1 aliphatic heterocycles. The van der Waals surface area contributed by atoms with E-state index in [1.807, 2.05) is 0 Å². The first-order valence-corrected chi connectivity index (χ1v) is 7.71. The number of sulfonamides is 1. The third kappa shape index (κ3) is 3.08. The predicted octanol–water partition coefficient (Wildman–Crippen LogP) is 1.83. The van der Waals surface area contributed by atoms with Crippen molar-refractivity contribution < 1.29 is 18.3 Å². The van der Waals surface area contributed by atoms with Crippen molar-refractivity contribution in [3.05, 3.63) is 29.3 Å². The minimum atomic E-state index is -3.63. The minimum absolute atomic E-state index is 0.0281. The monoisotopic (exact) mass is 303 g/mol. The smallest absolute Gasteiger partial charge is 0.307 e. The number of hydrogen-bond donors (Lipinski definition) is 1. The topological polar surface area (TPSA) is 74.7 Å². The van der Waals surface area contributed by atoms with Crippen LogP contribution in [0.4, 0.5) is 0 Å². The molecule has 104 valence electrons. The summed E-state index contributed by atoms with van der Waals surface area (Å²) in [6.07, 6.45) is 1.08. The van der Waals surface area contributed by atoms with E-state index in [1.165, 1.54) is 28.6 Å². The summed E-state index contributed by atoms with van der Waals surface area (Å²) in [7, 11) is -3.63. The third-order valence-electron chi connectivity index (χ3n) is 3.18. The lowest BCUT2D eigenvalue weighted by atomic mass is 10.0. The van der Waals surface area contributed by atoms with Gasteiger partial charge in [0.1, 0.15) is 0 Å². The molecule has 0 radical (unpaired) electrons. The van der Waals surface area contributed by atoms with Crippen molar-refractivity contribution in [2.24, 2.45) is 5.92 Å². The van der Waals surface area contributed by atoms with Gasteiger partial charge >= 0.3 is 5.97 Å². The number of carboxylic acid groups (broad SMARTS) is 1. The van der Waals surface area contributed by atoms with Gasteiger partial charge in [-0.2, -0.15) is 4.31 Å². The standard InChI is InChI=1S/C12H14ClNO4S/c13-10-3-5-11(6-4-10)19(17,18)14-7-1-2-9(8-14)12(15)16/h3-6,9H,1-2,7-8H2,(H,15,16)/t9-/m0/s1. The number of hydrogen-bond acceptors (Lipinski definition) is 3. The summed E-state index contributed by atoms with van der Waals surface area (Å²) in [6, 6.07) is 5.88.